The third kappa shape index (κ3) is 2.92. The molecule has 0 bridgehead atoms. The first-order chi connectivity index (χ1) is 8.49. The molecule has 0 saturated heterocycles. The van der Waals surface area contributed by atoms with Crippen molar-refractivity contribution < 1.29 is 12.8 Å². The number of rotatable bonds is 4. The van der Waals surface area contributed by atoms with Crippen molar-refractivity contribution in [3.05, 3.63) is 46.2 Å². The summed E-state index contributed by atoms with van der Waals surface area (Å²) in [6, 6.07) is 3.58. The van der Waals surface area contributed by atoms with E-state index in [9.17, 15) is 12.8 Å². The molecule has 0 unspecified atom stereocenters. The summed E-state index contributed by atoms with van der Waals surface area (Å²) in [4.78, 5) is 4.06. The highest BCUT2D eigenvalue weighted by Gasteiger charge is 2.17. The summed E-state index contributed by atoms with van der Waals surface area (Å²) < 4.78 is 39.4. The van der Waals surface area contributed by atoms with Gasteiger partial charge in [0.15, 0.2) is 0 Å². The minimum absolute atomic E-state index is 0.0838. The SMILES string of the molecule is Cc1cc(F)ccc1S(=O)(=O)NCc1nccs1. The summed E-state index contributed by atoms with van der Waals surface area (Å²) in [5.74, 6) is -0.452. The Kier molecular flexibility index (Phi) is 3.74. The molecule has 1 aromatic heterocycles. The summed E-state index contributed by atoms with van der Waals surface area (Å²) in [6.45, 7) is 1.69. The molecule has 7 heteroatoms. The van der Waals surface area contributed by atoms with Gasteiger partial charge in [-0.3, -0.25) is 0 Å². The predicted molar refractivity (Wildman–Crippen MR) is 67.3 cm³/mol. The summed E-state index contributed by atoms with van der Waals surface area (Å²) >= 11 is 1.37. The minimum Gasteiger partial charge on any atom is -0.248 e. The molecule has 0 atom stereocenters. The fourth-order valence-electron chi connectivity index (χ4n) is 1.49. The third-order valence-corrected chi connectivity index (χ3v) is 4.66. The van der Waals surface area contributed by atoms with E-state index in [-0.39, 0.29) is 11.4 Å². The largest absolute Gasteiger partial charge is 0.248 e. The number of nitrogens with zero attached hydrogens (tertiary/aromatic N) is 1. The molecule has 0 aliphatic carbocycles. The maximum atomic E-state index is 12.9. The minimum atomic E-state index is -3.63. The van der Waals surface area contributed by atoms with Crippen LogP contribution in [0.25, 0.3) is 0 Å². The Labute approximate surface area is 109 Å². The summed E-state index contributed by atoms with van der Waals surface area (Å²) in [5.41, 5.74) is 0.377. The van der Waals surface area contributed by atoms with Gasteiger partial charge in [0.05, 0.1) is 11.4 Å². The summed E-state index contributed by atoms with van der Waals surface area (Å²) in [7, 11) is -3.63. The summed E-state index contributed by atoms with van der Waals surface area (Å²) in [6.07, 6.45) is 1.61. The fraction of sp³-hybridized carbons (Fsp3) is 0.182. The van der Waals surface area contributed by atoms with Crippen LogP contribution in [-0.2, 0) is 16.6 Å². The first-order valence-corrected chi connectivity index (χ1v) is 7.49. The zero-order chi connectivity index (χ0) is 13.2. The van der Waals surface area contributed by atoms with Crippen LogP contribution in [0, 0.1) is 12.7 Å². The first-order valence-electron chi connectivity index (χ1n) is 5.13. The molecule has 4 nitrogen and oxygen atoms in total. The molecule has 0 fully saturated rings. The van der Waals surface area contributed by atoms with Crippen molar-refractivity contribution in [2.45, 2.75) is 18.4 Å². The molecule has 0 aliphatic heterocycles. The van der Waals surface area contributed by atoms with E-state index in [0.29, 0.717) is 10.6 Å². The standard InChI is InChI=1S/C11H11FN2O2S2/c1-8-6-9(12)2-3-10(8)18(15,16)14-7-11-13-4-5-17-11/h2-6,14H,7H2,1H3. The average molecular weight is 286 g/mol. The predicted octanol–water partition coefficient (Wildman–Crippen LogP) is 2.07. The highest BCUT2D eigenvalue weighted by molar-refractivity contribution is 7.89. The zero-order valence-corrected chi connectivity index (χ0v) is 11.2. The Morgan fingerprint density at radius 2 is 2.22 bits per heavy atom. The molecule has 0 aliphatic rings. The lowest BCUT2D eigenvalue weighted by molar-refractivity contribution is 0.579. The van der Waals surface area contributed by atoms with Crippen LogP contribution in [0.2, 0.25) is 0 Å². The zero-order valence-electron chi connectivity index (χ0n) is 9.55. The van der Waals surface area contributed by atoms with Crippen LogP contribution >= 0.6 is 11.3 Å². The van der Waals surface area contributed by atoms with E-state index in [4.69, 9.17) is 0 Å². The fourth-order valence-corrected chi connectivity index (χ4v) is 3.35. The molecular formula is C11H11FN2O2S2. The monoisotopic (exact) mass is 286 g/mol. The lowest BCUT2D eigenvalue weighted by Gasteiger charge is -2.08. The topological polar surface area (TPSA) is 59.1 Å². The third-order valence-electron chi connectivity index (χ3n) is 2.32. The number of nitrogens with one attached hydrogen (secondary N) is 1. The highest BCUT2D eigenvalue weighted by Crippen LogP contribution is 2.16. The van der Waals surface area contributed by atoms with Crippen LogP contribution in [0.5, 0.6) is 0 Å². The Morgan fingerprint density at radius 1 is 1.44 bits per heavy atom. The molecule has 1 N–H and O–H groups in total. The molecule has 1 aromatic carbocycles. The Morgan fingerprint density at radius 3 is 2.83 bits per heavy atom. The van der Waals surface area contributed by atoms with E-state index in [1.807, 2.05) is 0 Å². The Hall–Kier alpha value is -1.31. The molecule has 2 rings (SSSR count). The molecular weight excluding hydrogens is 275 g/mol. The normalized spacial score (nSPS) is 11.7. The maximum Gasteiger partial charge on any atom is 0.241 e. The number of aromatic nitrogens is 1. The average Bonchev–Trinajstić information content (AvgIpc) is 2.78. The van der Waals surface area contributed by atoms with Gasteiger partial charge in [-0.25, -0.2) is 22.5 Å². The van der Waals surface area contributed by atoms with Gasteiger partial charge in [0.1, 0.15) is 10.8 Å². The second kappa shape index (κ2) is 5.13. The van der Waals surface area contributed by atoms with E-state index >= 15 is 0 Å². The molecule has 1 heterocycles. The number of thiazole rings is 1. The summed E-state index contributed by atoms with van der Waals surface area (Å²) in [5, 5.41) is 2.45. The Bertz CT molecular complexity index is 639. The number of sulfonamides is 1. The van der Waals surface area contributed by atoms with E-state index in [2.05, 4.69) is 9.71 Å². The van der Waals surface area contributed by atoms with Crippen LogP contribution in [0.3, 0.4) is 0 Å². The van der Waals surface area contributed by atoms with Crippen LogP contribution in [0.1, 0.15) is 10.6 Å². The van der Waals surface area contributed by atoms with Gasteiger partial charge in [0, 0.05) is 11.6 Å². The van der Waals surface area contributed by atoms with Crippen molar-refractivity contribution >= 4 is 21.4 Å². The van der Waals surface area contributed by atoms with E-state index in [1.165, 1.54) is 23.5 Å². The number of aryl methyl sites for hydroxylation is 1. The second-order valence-corrected chi connectivity index (χ2v) is 6.37. The van der Waals surface area contributed by atoms with Crippen molar-refractivity contribution in [2.24, 2.45) is 0 Å². The maximum absolute atomic E-state index is 12.9. The number of benzene rings is 1. The van der Waals surface area contributed by atoms with E-state index < -0.39 is 15.8 Å². The quantitative estimate of drug-likeness (QED) is 0.936. The van der Waals surface area contributed by atoms with E-state index in [0.717, 1.165) is 6.07 Å². The van der Waals surface area contributed by atoms with Gasteiger partial charge in [0.2, 0.25) is 10.0 Å². The van der Waals surface area contributed by atoms with E-state index in [1.54, 1.807) is 18.5 Å². The molecule has 96 valence electrons. The van der Waals surface area contributed by atoms with Crippen molar-refractivity contribution in [1.29, 1.82) is 0 Å². The van der Waals surface area contributed by atoms with Crippen LogP contribution in [0.15, 0.2) is 34.7 Å². The van der Waals surface area contributed by atoms with Crippen LogP contribution in [-0.4, -0.2) is 13.4 Å². The van der Waals surface area contributed by atoms with Gasteiger partial charge >= 0.3 is 0 Å². The molecule has 0 amide bonds. The second-order valence-electron chi connectivity index (χ2n) is 3.66. The van der Waals surface area contributed by atoms with Gasteiger partial charge in [-0.2, -0.15) is 0 Å². The number of hydrogen-bond acceptors (Lipinski definition) is 4. The lowest BCUT2D eigenvalue weighted by atomic mass is 10.2. The van der Waals surface area contributed by atoms with Crippen molar-refractivity contribution in [3.63, 3.8) is 0 Å². The molecule has 2 aromatic rings. The van der Waals surface area contributed by atoms with Gasteiger partial charge in [-0.05, 0) is 30.7 Å². The van der Waals surface area contributed by atoms with Crippen molar-refractivity contribution in [1.82, 2.24) is 9.71 Å². The van der Waals surface area contributed by atoms with Crippen molar-refractivity contribution in [2.75, 3.05) is 0 Å². The van der Waals surface area contributed by atoms with Crippen LogP contribution < -0.4 is 4.72 Å². The van der Waals surface area contributed by atoms with Crippen molar-refractivity contribution in [3.8, 4) is 0 Å². The van der Waals surface area contributed by atoms with Crippen LogP contribution in [0.4, 0.5) is 4.39 Å². The van der Waals surface area contributed by atoms with Gasteiger partial charge in [-0.1, -0.05) is 0 Å². The van der Waals surface area contributed by atoms with Gasteiger partial charge in [0.25, 0.3) is 0 Å². The number of halogens is 1. The molecule has 0 spiro atoms. The molecule has 0 radical (unpaired) electrons. The van der Waals surface area contributed by atoms with Gasteiger partial charge in [-0.15, -0.1) is 11.3 Å². The molecule has 0 saturated carbocycles. The highest BCUT2D eigenvalue weighted by atomic mass is 32.2. The lowest BCUT2D eigenvalue weighted by Crippen LogP contribution is -2.24. The molecule has 18 heavy (non-hydrogen) atoms. The Balaban J connectivity index is 2.20. The smallest absolute Gasteiger partial charge is 0.241 e. The first kappa shape index (κ1) is 13.1. The van der Waals surface area contributed by atoms with Gasteiger partial charge < -0.3 is 0 Å². The number of hydrogen-bond donors (Lipinski definition) is 1.